The number of aryl methyl sites for hydroxylation is 1. The second kappa shape index (κ2) is 5.70. The predicted molar refractivity (Wildman–Crippen MR) is 94.9 cm³/mol. The van der Waals surface area contributed by atoms with Crippen molar-refractivity contribution >= 4 is 22.8 Å². The molecule has 1 aliphatic heterocycles. The molecule has 0 atom stereocenters. The molecule has 2 heterocycles. The van der Waals surface area contributed by atoms with E-state index < -0.39 is 0 Å². The number of allylic oxidation sites excluding steroid dienone is 1. The topological polar surface area (TPSA) is 71.7 Å². The monoisotopic (exact) mass is 335 g/mol. The molecule has 0 amide bonds. The number of hydrogen-bond acceptors (Lipinski definition) is 4. The van der Waals surface area contributed by atoms with Crippen LogP contribution in [0.5, 0.6) is 17.2 Å². The summed E-state index contributed by atoms with van der Waals surface area (Å²) >= 11 is 0. The van der Waals surface area contributed by atoms with Gasteiger partial charge in [0.15, 0.2) is 5.76 Å². The van der Waals surface area contributed by atoms with E-state index in [-0.39, 0.29) is 34.4 Å². The van der Waals surface area contributed by atoms with Crippen LogP contribution in [0, 0.1) is 0 Å². The molecule has 0 saturated heterocycles. The summed E-state index contributed by atoms with van der Waals surface area (Å²) in [6, 6.07) is 10.5. The fraction of sp³-hybridized carbons (Fsp3) is 0.150. The molecule has 0 bridgehead atoms. The second-order valence-corrected chi connectivity index (χ2v) is 6.07. The van der Waals surface area contributed by atoms with E-state index in [0.29, 0.717) is 0 Å². The number of nitrogens with zero attached hydrogens (tertiary/aromatic N) is 1. The van der Waals surface area contributed by atoms with Crippen LogP contribution in [0.15, 0.2) is 48.4 Å². The van der Waals surface area contributed by atoms with Gasteiger partial charge in [0.05, 0.1) is 0 Å². The molecule has 5 nitrogen and oxygen atoms in total. The highest BCUT2D eigenvalue weighted by molar-refractivity contribution is 6.16. The Morgan fingerprint density at radius 3 is 2.80 bits per heavy atom. The Hall–Kier alpha value is -3.21. The lowest BCUT2D eigenvalue weighted by molar-refractivity contribution is 0.101. The van der Waals surface area contributed by atoms with Crippen molar-refractivity contribution in [3.8, 4) is 17.2 Å². The van der Waals surface area contributed by atoms with Crippen LogP contribution in [-0.2, 0) is 6.54 Å². The third-order valence-corrected chi connectivity index (χ3v) is 4.31. The smallest absolute Gasteiger partial charge is 0.235 e. The maximum atomic E-state index is 12.6. The molecule has 1 aliphatic rings. The van der Waals surface area contributed by atoms with Crippen LogP contribution in [0.4, 0.5) is 0 Å². The predicted octanol–water partition coefficient (Wildman–Crippen LogP) is 4.08. The quantitative estimate of drug-likeness (QED) is 0.708. The summed E-state index contributed by atoms with van der Waals surface area (Å²) in [6.45, 7) is 3.00. The zero-order valence-electron chi connectivity index (χ0n) is 13.7. The highest BCUT2D eigenvalue weighted by Crippen LogP contribution is 2.41. The van der Waals surface area contributed by atoms with Crippen LogP contribution in [0.3, 0.4) is 0 Å². The van der Waals surface area contributed by atoms with Gasteiger partial charge in [0.25, 0.3) is 0 Å². The van der Waals surface area contributed by atoms with Crippen molar-refractivity contribution in [3.05, 3.63) is 59.5 Å². The average Bonchev–Trinajstić information content (AvgIpc) is 3.07. The van der Waals surface area contributed by atoms with Crippen LogP contribution in [-0.4, -0.2) is 20.6 Å². The molecule has 1 aromatic heterocycles. The molecule has 2 N–H and O–H groups in total. The number of hydrogen-bond donors (Lipinski definition) is 2. The summed E-state index contributed by atoms with van der Waals surface area (Å²) in [5.74, 6) is -0.511. The lowest BCUT2D eigenvalue weighted by Gasteiger charge is -2.01. The largest absolute Gasteiger partial charge is 0.508 e. The zero-order chi connectivity index (χ0) is 17.6. The Morgan fingerprint density at radius 2 is 2.00 bits per heavy atom. The molecule has 0 aliphatic carbocycles. The van der Waals surface area contributed by atoms with E-state index in [0.717, 1.165) is 35.5 Å². The number of ketones is 1. The molecule has 126 valence electrons. The minimum absolute atomic E-state index is 0.0846. The molecule has 4 rings (SSSR count). The van der Waals surface area contributed by atoms with Crippen LogP contribution < -0.4 is 4.74 Å². The maximum absolute atomic E-state index is 12.6. The van der Waals surface area contributed by atoms with Crippen molar-refractivity contribution in [2.75, 3.05) is 0 Å². The number of rotatable bonds is 3. The standard InChI is InChI=1S/C20H17NO4/c1-2-7-21-11-12(14-5-3-4-6-15(14)21)8-18-20(24)19-16(23)9-13(22)10-17(19)25-18/h3-6,8-11,22-23H,2,7H2,1H3/b18-8-. The Bertz CT molecular complexity index is 1030. The molecular formula is C20H17NO4. The van der Waals surface area contributed by atoms with Gasteiger partial charge >= 0.3 is 0 Å². The SMILES string of the molecule is CCCn1cc(/C=C2\Oc3cc(O)cc(O)c3C2=O)c2ccccc21. The Morgan fingerprint density at radius 1 is 1.20 bits per heavy atom. The summed E-state index contributed by atoms with van der Waals surface area (Å²) in [7, 11) is 0. The number of phenols is 2. The molecule has 2 aromatic carbocycles. The van der Waals surface area contributed by atoms with E-state index in [4.69, 9.17) is 4.74 Å². The van der Waals surface area contributed by atoms with E-state index in [1.807, 2.05) is 30.5 Å². The van der Waals surface area contributed by atoms with Gasteiger partial charge in [-0.2, -0.15) is 0 Å². The maximum Gasteiger partial charge on any atom is 0.235 e. The van der Waals surface area contributed by atoms with E-state index in [1.54, 1.807) is 6.08 Å². The van der Waals surface area contributed by atoms with Gasteiger partial charge in [0.2, 0.25) is 5.78 Å². The molecule has 25 heavy (non-hydrogen) atoms. The van der Waals surface area contributed by atoms with Gasteiger partial charge in [-0.25, -0.2) is 0 Å². The van der Waals surface area contributed by atoms with Gasteiger partial charge in [-0.15, -0.1) is 0 Å². The summed E-state index contributed by atoms with van der Waals surface area (Å²) in [5.41, 5.74) is 2.06. The summed E-state index contributed by atoms with van der Waals surface area (Å²) in [6.07, 6.45) is 4.69. The van der Waals surface area contributed by atoms with E-state index >= 15 is 0 Å². The van der Waals surface area contributed by atoms with Gasteiger partial charge < -0.3 is 19.5 Å². The van der Waals surface area contributed by atoms with E-state index in [9.17, 15) is 15.0 Å². The number of Topliss-reactive ketones (excluding diaryl/α,β-unsaturated/α-hetero) is 1. The fourth-order valence-electron chi connectivity index (χ4n) is 3.24. The fourth-order valence-corrected chi connectivity index (χ4v) is 3.24. The van der Waals surface area contributed by atoms with E-state index in [2.05, 4.69) is 11.5 Å². The van der Waals surface area contributed by atoms with Crippen LogP contribution in [0.2, 0.25) is 0 Å². The Kier molecular flexibility index (Phi) is 3.50. The van der Waals surface area contributed by atoms with Gasteiger partial charge in [-0.1, -0.05) is 25.1 Å². The summed E-state index contributed by atoms with van der Waals surface area (Å²) in [4.78, 5) is 12.6. The van der Waals surface area contributed by atoms with Gasteiger partial charge in [0, 0.05) is 41.3 Å². The number of fused-ring (bicyclic) bond motifs is 2. The lowest BCUT2D eigenvalue weighted by atomic mass is 10.1. The van der Waals surface area contributed by atoms with Crippen molar-refractivity contribution in [3.63, 3.8) is 0 Å². The third kappa shape index (κ3) is 2.45. The number of carbonyl (C=O) groups excluding carboxylic acids is 1. The number of benzene rings is 2. The lowest BCUT2D eigenvalue weighted by Crippen LogP contribution is -1.98. The minimum atomic E-state index is -0.389. The normalized spacial score (nSPS) is 14.9. The second-order valence-electron chi connectivity index (χ2n) is 6.07. The highest BCUT2D eigenvalue weighted by atomic mass is 16.5. The van der Waals surface area contributed by atoms with E-state index in [1.165, 1.54) is 6.07 Å². The van der Waals surface area contributed by atoms with Crippen LogP contribution >= 0.6 is 0 Å². The minimum Gasteiger partial charge on any atom is -0.508 e. The molecule has 0 spiro atoms. The van der Waals surface area contributed by atoms with Crippen molar-refractivity contribution in [1.29, 1.82) is 0 Å². The van der Waals surface area contributed by atoms with Gasteiger partial charge in [-0.05, 0) is 18.6 Å². The molecule has 5 heteroatoms. The molecule has 0 saturated carbocycles. The highest BCUT2D eigenvalue weighted by Gasteiger charge is 2.31. The number of ether oxygens (including phenoxy) is 1. The van der Waals surface area contributed by atoms with Crippen molar-refractivity contribution in [1.82, 2.24) is 4.57 Å². The van der Waals surface area contributed by atoms with Crippen molar-refractivity contribution < 1.29 is 19.7 Å². The first-order valence-electron chi connectivity index (χ1n) is 8.16. The molecule has 3 aromatic rings. The first-order chi connectivity index (χ1) is 12.1. The number of aromatic nitrogens is 1. The van der Waals surface area contributed by atoms with Gasteiger partial charge in [-0.3, -0.25) is 4.79 Å². The number of phenolic OH excluding ortho intramolecular Hbond substituents is 2. The number of aromatic hydroxyl groups is 2. The molecule has 0 unspecified atom stereocenters. The van der Waals surface area contributed by atoms with Crippen molar-refractivity contribution in [2.45, 2.75) is 19.9 Å². The van der Waals surface area contributed by atoms with Crippen LogP contribution in [0.1, 0.15) is 29.3 Å². The first kappa shape index (κ1) is 15.3. The third-order valence-electron chi connectivity index (χ3n) is 4.31. The molecule has 0 radical (unpaired) electrons. The molecule has 0 fully saturated rings. The Labute approximate surface area is 144 Å². The molecular weight excluding hydrogens is 318 g/mol. The number of carbonyl (C=O) groups is 1. The van der Waals surface area contributed by atoms with Crippen LogP contribution in [0.25, 0.3) is 17.0 Å². The van der Waals surface area contributed by atoms with Crippen molar-refractivity contribution in [2.24, 2.45) is 0 Å². The number of para-hydroxylation sites is 1. The first-order valence-corrected chi connectivity index (χ1v) is 8.16. The summed E-state index contributed by atoms with van der Waals surface area (Å²) in [5, 5.41) is 20.5. The Balaban J connectivity index is 1.82. The average molecular weight is 335 g/mol. The van der Waals surface area contributed by atoms with Gasteiger partial charge in [0.1, 0.15) is 22.8 Å². The summed E-state index contributed by atoms with van der Waals surface area (Å²) < 4.78 is 7.74. The zero-order valence-corrected chi connectivity index (χ0v) is 13.7.